The van der Waals surface area contributed by atoms with Gasteiger partial charge >= 0.3 is 0 Å². The molecule has 27 heavy (non-hydrogen) atoms. The van der Waals surface area contributed by atoms with E-state index in [1.165, 1.54) is 23.0 Å². The third-order valence-corrected chi connectivity index (χ3v) is 5.95. The molecule has 0 radical (unpaired) electrons. The Morgan fingerprint density at radius 3 is 2.93 bits per heavy atom. The molecule has 0 spiro atoms. The summed E-state index contributed by atoms with van der Waals surface area (Å²) in [5.74, 6) is 0.902. The van der Waals surface area contributed by atoms with Crippen molar-refractivity contribution in [2.24, 2.45) is 5.41 Å². The Bertz CT molecular complexity index is 862. The molecule has 144 valence electrons. The zero-order valence-electron chi connectivity index (χ0n) is 16.1. The number of carbonyl (C=O) groups excluding carboxylic acids is 1. The SMILES string of the molecule is CSc1nc(NC[C@H]2CCC(=O)N2)cc(-c2n[nH]c3c2CCC(C)(C)C3)n1. The van der Waals surface area contributed by atoms with Crippen molar-refractivity contribution in [1.82, 2.24) is 25.5 Å². The first-order valence-corrected chi connectivity index (χ1v) is 10.7. The number of aromatic nitrogens is 4. The van der Waals surface area contributed by atoms with Crippen molar-refractivity contribution in [2.75, 3.05) is 18.1 Å². The summed E-state index contributed by atoms with van der Waals surface area (Å²) in [6.07, 6.45) is 6.63. The molecule has 0 bridgehead atoms. The average molecular weight is 387 g/mol. The molecule has 1 aliphatic carbocycles. The molecule has 8 heteroatoms. The van der Waals surface area contributed by atoms with Gasteiger partial charge in [0.05, 0.1) is 5.69 Å². The monoisotopic (exact) mass is 386 g/mol. The second kappa shape index (κ2) is 7.14. The number of nitrogens with zero attached hydrogens (tertiary/aromatic N) is 3. The van der Waals surface area contributed by atoms with E-state index in [0.29, 0.717) is 18.4 Å². The van der Waals surface area contributed by atoms with Gasteiger partial charge in [0, 0.05) is 36.3 Å². The number of hydrogen-bond donors (Lipinski definition) is 3. The number of aromatic amines is 1. The fourth-order valence-electron chi connectivity index (χ4n) is 3.85. The molecule has 2 aromatic heterocycles. The fraction of sp³-hybridized carbons (Fsp3) is 0.579. The molecule has 1 saturated heterocycles. The summed E-state index contributed by atoms with van der Waals surface area (Å²) >= 11 is 1.52. The van der Waals surface area contributed by atoms with Gasteiger partial charge in [-0.05, 0) is 37.4 Å². The lowest BCUT2D eigenvalue weighted by Crippen LogP contribution is -2.32. The lowest BCUT2D eigenvalue weighted by Gasteiger charge is -2.29. The number of anilines is 1. The number of thioether (sulfide) groups is 1. The van der Waals surface area contributed by atoms with E-state index in [1.807, 2.05) is 12.3 Å². The van der Waals surface area contributed by atoms with E-state index in [4.69, 9.17) is 4.98 Å². The molecule has 3 N–H and O–H groups in total. The first-order valence-electron chi connectivity index (χ1n) is 9.46. The quantitative estimate of drug-likeness (QED) is 0.540. The molecule has 7 nitrogen and oxygen atoms in total. The van der Waals surface area contributed by atoms with E-state index in [1.54, 1.807) is 0 Å². The first kappa shape index (κ1) is 18.3. The third-order valence-electron chi connectivity index (χ3n) is 5.41. The highest BCUT2D eigenvalue weighted by Crippen LogP contribution is 2.37. The van der Waals surface area contributed by atoms with Crippen LogP contribution in [-0.2, 0) is 17.6 Å². The van der Waals surface area contributed by atoms with Gasteiger partial charge in [0.1, 0.15) is 11.5 Å². The van der Waals surface area contributed by atoms with Crippen LogP contribution in [0.15, 0.2) is 11.2 Å². The number of amides is 1. The minimum Gasteiger partial charge on any atom is -0.368 e. The molecule has 1 aliphatic heterocycles. The van der Waals surface area contributed by atoms with E-state index in [-0.39, 0.29) is 11.9 Å². The number of H-pyrrole nitrogens is 1. The van der Waals surface area contributed by atoms with Gasteiger partial charge < -0.3 is 10.6 Å². The summed E-state index contributed by atoms with van der Waals surface area (Å²) in [7, 11) is 0. The lowest BCUT2D eigenvalue weighted by atomic mass is 9.76. The van der Waals surface area contributed by atoms with Crippen LogP contribution in [0.3, 0.4) is 0 Å². The van der Waals surface area contributed by atoms with Crippen LogP contribution >= 0.6 is 11.8 Å². The van der Waals surface area contributed by atoms with E-state index in [2.05, 4.69) is 39.7 Å². The van der Waals surface area contributed by atoms with Crippen molar-refractivity contribution in [2.45, 2.75) is 57.1 Å². The summed E-state index contributed by atoms with van der Waals surface area (Å²) in [5, 5.41) is 14.9. The number of hydrogen-bond acceptors (Lipinski definition) is 6. The summed E-state index contributed by atoms with van der Waals surface area (Å²) < 4.78 is 0. The Morgan fingerprint density at radius 2 is 2.19 bits per heavy atom. The number of rotatable bonds is 5. The second-order valence-electron chi connectivity index (χ2n) is 8.18. The Hall–Kier alpha value is -2.09. The summed E-state index contributed by atoms with van der Waals surface area (Å²) in [6, 6.07) is 2.13. The Labute approximate surface area is 163 Å². The number of fused-ring (bicyclic) bond motifs is 1. The maximum absolute atomic E-state index is 11.4. The molecule has 1 atom stereocenters. The molecule has 1 fully saturated rings. The predicted octanol–water partition coefficient (Wildman–Crippen LogP) is 2.79. The average Bonchev–Trinajstić information content (AvgIpc) is 3.24. The summed E-state index contributed by atoms with van der Waals surface area (Å²) in [5.41, 5.74) is 4.62. The van der Waals surface area contributed by atoms with Crippen LogP contribution in [0.5, 0.6) is 0 Å². The normalized spacial score (nSPS) is 21.0. The van der Waals surface area contributed by atoms with Crippen LogP contribution in [0.1, 0.15) is 44.4 Å². The maximum atomic E-state index is 11.4. The number of carbonyl (C=O) groups is 1. The molecular weight excluding hydrogens is 360 g/mol. The van der Waals surface area contributed by atoms with Crippen molar-refractivity contribution in [3.63, 3.8) is 0 Å². The van der Waals surface area contributed by atoms with Crippen molar-refractivity contribution in [3.8, 4) is 11.4 Å². The Kier molecular flexibility index (Phi) is 4.84. The maximum Gasteiger partial charge on any atom is 0.220 e. The van der Waals surface area contributed by atoms with Crippen LogP contribution in [0.25, 0.3) is 11.4 Å². The van der Waals surface area contributed by atoms with E-state index in [0.717, 1.165) is 48.0 Å². The molecule has 0 saturated carbocycles. The van der Waals surface area contributed by atoms with Gasteiger partial charge in [-0.2, -0.15) is 5.10 Å². The molecule has 2 aromatic rings. The fourth-order valence-corrected chi connectivity index (χ4v) is 4.22. The minimum absolute atomic E-state index is 0.126. The highest BCUT2D eigenvalue weighted by molar-refractivity contribution is 7.98. The van der Waals surface area contributed by atoms with E-state index < -0.39 is 0 Å². The van der Waals surface area contributed by atoms with E-state index in [9.17, 15) is 4.79 Å². The van der Waals surface area contributed by atoms with E-state index >= 15 is 0 Å². The smallest absolute Gasteiger partial charge is 0.220 e. The van der Waals surface area contributed by atoms with Crippen LogP contribution in [-0.4, -0.2) is 44.9 Å². The van der Waals surface area contributed by atoms with Gasteiger partial charge in [-0.3, -0.25) is 9.89 Å². The predicted molar refractivity (Wildman–Crippen MR) is 107 cm³/mol. The van der Waals surface area contributed by atoms with Crippen molar-refractivity contribution < 1.29 is 4.79 Å². The third kappa shape index (κ3) is 3.95. The number of nitrogens with one attached hydrogen (secondary N) is 3. The highest BCUT2D eigenvalue weighted by atomic mass is 32.2. The summed E-state index contributed by atoms with van der Waals surface area (Å²) in [4.78, 5) is 20.6. The second-order valence-corrected chi connectivity index (χ2v) is 8.95. The van der Waals surface area contributed by atoms with Gasteiger partial charge in [-0.15, -0.1) is 0 Å². The van der Waals surface area contributed by atoms with Gasteiger partial charge in [0.15, 0.2) is 5.16 Å². The molecule has 2 aliphatic rings. The Morgan fingerprint density at radius 1 is 1.33 bits per heavy atom. The van der Waals surface area contributed by atoms with Crippen LogP contribution in [0.4, 0.5) is 5.82 Å². The first-order chi connectivity index (χ1) is 12.9. The molecule has 0 unspecified atom stereocenters. The van der Waals surface area contributed by atoms with Crippen LogP contribution in [0, 0.1) is 5.41 Å². The largest absolute Gasteiger partial charge is 0.368 e. The van der Waals surface area contributed by atoms with Gasteiger partial charge in [-0.1, -0.05) is 25.6 Å². The zero-order valence-corrected chi connectivity index (χ0v) is 16.9. The standard InChI is InChI=1S/C19H26N6OS/c1-19(2)7-6-12-14(9-19)24-25-17(12)13-8-15(23-18(22-13)27-3)20-10-11-4-5-16(26)21-11/h8,11H,4-7,9-10H2,1-3H3,(H,21,26)(H,24,25)(H,20,22,23)/t11-/m1/s1. The van der Waals surface area contributed by atoms with Gasteiger partial charge in [-0.25, -0.2) is 9.97 Å². The zero-order chi connectivity index (χ0) is 19.0. The Balaban J connectivity index is 1.58. The summed E-state index contributed by atoms with van der Waals surface area (Å²) in [6.45, 7) is 5.27. The lowest BCUT2D eigenvalue weighted by molar-refractivity contribution is -0.119. The van der Waals surface area contributed by atoms with Gasteiger partial charge in [0.2, 0.25) is 5.91 Å². The van der Waals surface area contributed by atoms with Crippen molar-refractivity contribution in [1.29, 1.82) is 0 Å². The van der Waals surface area contributed by atoms with Crippen LogP contribution in [0.2, 0.25) is 0 Å². The highest BCUT2D eigenvalue weighted by Gasteiger charge is 2.29. The molecule has 4 rings (SSSR count). The molecular formula is C19H26N6OS. The topological polar surface area (TPSA) is 95.6 Å². The minimum atomic E-state index is 0.126. The molecule has 3 heterocycles. The van der Waals surface area contributed by atoms with Crippen LogP contribution < -0.4 is 10.6 Å². The van der Waals surface area contributed by atoms with Crippen molar-refractivity contribution in [3.05, 3.63) is 17.3 Å². The molecule has 0 aromatic carbocycles. The van der Waals surface area contributed by atoms with Crippen molar-refractivity contribution >= 4 is 23.5 Å². The molecule has 1 amide bonds. The van der Waals surface area contributed by atoms with Gasteiger partial charge in [0.25, 0.3) is 0 Å².